The largest absolute Gasteiger partial charge is 0.448 e. The van der Waals surface area contributed by atoms with E-state index in [1.807, 2.05) is 25.1 Å². The Hall–Kier alpha value is -2.80. The topological polar surface area (TPSA) is 53.6 Å². The first-order valence-electron chi connectivity index (χ1n) is 11.5. The number of nitrogens with one attached hydrogen (secondary N) is 2. The van der Waals surface area contributed by atoms with E-state index in [-0.39, 0.29) is 5.92 Å². The van der Waals surface area contributed by atoms with Crippen LogP contribution >= 0.6 is 12.6 Å². The molecule has 3 aromatic carbocycles. The molecule has 0 radical (unpaired) electrons. The molecular weight excluding hydrogens is 430 g/mol. The number of piperazine rings is 1. The second-order valence-electron chi connectivity index (χ2n) is 8.76. The monoisotopic (exact) mass is 459 g/mol. The summed E-state index contributed by atoms with van der Waals surface area (Å²) in [6.45, 7) is 7.16. The van der Waals surface area contributed by atoms with Gasteiger partial charge in [-0.25, -0.2) is 4.79 Å². The molecule has 0 bridgehead atoms. The number of hydrogen-bond donors (Lipinski definition) is 3. The quantitative estimate of drug-likeness (QED) is 0.468. The third-order valence-corrected chi connectivity index (χ3v) is 7.10. The van der Waals surface area contributed by atoms with Gasteiger partial charge in [-0.1, -0.05) is 48.5 Å². The van der Waals surface area contributed by atoms with Crippen LogP contribution in [0.3, 0.4) is 0 Å². The normalized spacial score (nSPS) is 15.7. The van der Waals surface area contributed by atoms with Gasteiger partial charge in [0.1, 0.15) is 6.61 Å². The summed E-state index contributed by atoms with van der Waals surface area (Å²) in [5, 5.41) is 6.34. The van der Waals surface area contributed by atoms with Gasteiger partial charge in [0, 0.05) is 49.2 Å². The van der Waals surface area contributed by atoms with Crippen molar-refractivity contribution in [1.82, 2.24) is 10.2 Å². The molecule has 170 valence electrons. The molecule has 1 fully saturated rings. The molecule has 1 amide bonds. The van der Waals surface area contributed by atoms with Crippen molar-refractivity contribution < 1.29 is 9.53 Å². The van der Waals surface area contributed by atoms with E-state index in [2.05, 4.69) is 70.6 Å². The van der Waals surface area contributed by atoms with Gasteiger partial charge >= 0.3 is 6.09 Å². The Balaban J connectivity index is 1.28. The number of carbonyl (C=O) groups excluding carboxylic acids is 1. The van der Waals surface area contributed by atoms with E-state index in [1.54, 1.807) is 0 Å². The summed E-state index contributed by atoms with van der Waals surface area (Å²) in [7, 11) is 0. The summed E-state index contributed by atoms with van der Waals surface area (Å²) in [5.41, 5.74) is 7.69. The van der Waals surface area contributed by atoms with Crippen LogP contribution < -0.4 is 10.6 Å². The highest BCUT2D eigenvalue weighted by Gasteiger charge is 2.29. The minimum Gasteiger partial charge on any atom is -0.448 e. The fraction of sp³-hybridized carbons (Fsp3) is 0.296. The highest BCUT2D eigenvalue weighted by atomic mass is 32.1. The zero-order valence-electron chi connectivity index (χ0n) is 18.8. The molecule has 2 N–H and O–H groups in total. The van der Waals surface area contributed by atoms with Gasteiger partial charge in [0.05, 0.1) is 0 Å². The molecular formula is C27H29N3O2S. The summed E-state index contributed by atoms with van der Waals surface area (Å²) in [6.07, 6.45) is -0.438. The van der Waals surface area contributed by atoms with Crippen LogP contribution in [0, 0.1) is 6.92 Å². The minimum atomic E-state index is -0.438. The van der Waals surface area contributed by atoms with Crippen molar-refractivity contribution in [2.45, 2.75) is 24.3 Å². The van der Waals surface area contributed by atoms with E-state index in [1.165, 1.54) is 22.3 Å². The molecule has 0 spiro atoms. The van der Waals surface area contributed by atoms with Crippen molar-refractivity contribution in [2.24, 2.45) is 0 Å². The highest BCUT2D eigenvalue weighted by molar-refractivity contribution is 7.80. The van der Waals surface area contributed by atoms with Crippen molar-refractivity contribution in [3.63, 3.8) is 0 Å². The van der Waals surface area contributed by atoms with Crippen LogP contribution in [0.2, 0.25) is 0 Å². The Kier molecular flexibility index (Phi) is 6.40. The summed E-state index contributed by atoms with van der Waals surface area (Å²) >= 11 is 4.64. The molecule has 0 aromatic heterocycles. The van der Waals surface area contributed by atoms with Crippen molar-refractivity contribution in [3.8, 4) is 11.1 Å². The van der Waals surface area contributed by atoms with E-state index in [4.69, 9.17) is 4.74 Å². The van der Waals surface area contributed by atoms with E-state index in [0.717, 1.165) is 54.4 Å². The van der Waals surface area contributed by atoms with E-state index < -0.39 is 6.09 Å². The van der Waals surface area contributed by atoms with Crippen LogP contribution in [0.25, 0.3) is 11.1 Å². The van der Waals surface area contributed by atoms with E-state index >= 15 is 0 Å². The Labute approximate surface area is 200 Å². The standard InChI is InChI=1S/C27H29N3O2S/c1-18-25(14-19(15-26(18)33)16-30-12-10-28-11-13-30)29-27(31)32-17-24-22-8-4-2-6-20(22)21-7-3-5-9-23(21)24/h2-9,14-15,24,28,33H,10-13,16-17H2,1H3,(H,29,31). The van der Waals surface area contributed by atoms with Gasteiger partial charge < -0.3 is 10.1 Å². The number of carbonyl (C=O) groups is 1. The number of anilines is 1. The fourth-order valence-corrected chi connectivity index (χ4v) is 5.14. The molecule has 0 atom stereocenters. The SMILES string of the molecule is Cc1c(S)cc(CN2CCNCC2)cc1NC(=O)OCC1c2ccccc2-c2ccccc21. The number of rotatable bonds is 5. The molecule has 1 saturated heterocycles. The third kappa shape index (κ3) is 4.64. The molecule has 3 aromatic rings. The van der Waals surface area contributed by atoms with Gasteiger partial charge in [0.25, 0.3) is 0 Å². The number of thiol groups is 1. The summed E-state index contributed by atoms with van der Waals surface area (Å²) < 4.78 is 5.73. The predicted octanol–water partition coefficient (Wildman–Crippen LogP) is 5.05. The number of nitrogens with zero attached hydrogens (tertiary/aromatic N) is 1. The maximum Gasteiger partial charge on any atom is 0.411 e. The number of amides is 1. The predicted molar refractivity (Wildman–Crippen MR) is 135 cm³/mol. The van der Waals surface area contributed by atoms with Gasteiger partial charge in [0.15, 0.2) is 0 Å². The van der Waals surface area contributed by atoms with Crippen LogP contribution in [-0.2, 0) is 11.3 Å². The molecule has 33 heavy (non-hydrogen) atoms. The molecule has 1 aliphatic heterocycles. The molecule has 5 rings (SSSR count). The third-order valence-electron chi connectivity index (χ3n) is 6.64. The maximum absolute atomic E-state index is 12.8. The van der Waals surface area contributed by atoms with E-state index in [9.17, 15) is 4.79 Å². The lowest BCUT2D eigenvalue weighted by molar-refractivity contribution is 0.158. The average Bonchev–Trinajstić information content (AvgIpc) is 3.15. The number of fused-ring (bicyclic) bond motifs is 3. The van der Waals surface area contributed by atoms with Crippen LogP contribution in [0.15, 0.2) is 65.6 Å². The highest BCUT2D eigenvalue weighted by Crippen LogP contribution is 2.44. The first kappa shape index (κ1) is 22.0. The van der Waals surface area contributed by atoms with Crippen LogP contribution in [-0.4, -0.2) is 43.8 Å². The average molecular weight is 460 g/mol. The van der Waals surface area contributed by atoms with Crippen molar-refractivity contribution in [1.29, 1.82) is 0 Å². The fourth-order valence-electron chi connectivity index (χ4n) is 4.85. The molecule has 0 saturated carbocycles. The zero-order valence-corrected chi connectivity index (χ0v) is 19.7. The molecule has 1 aliphatic carbocycles. The Morgan fingerprint density at radius 3 is 2.36 bits per heavy atom. The lowest BCUT2D eigenvalue weighted by Gasteiger charge is -2.27. The van der Waals surface area contributed by atoms with Gasteiger partial charge in [-0.15, -0.1) is 12.6 Å². The summed E-state index contributed by atoms with van der Waals surface area (Å²) in [5.74, 6) is 0.0451. The lowest BCUT2D eigenvalue weighted by Crippen LogP contribution is -2.42. The zero-order chi connectivity index (χ0) is 22.8. The van der Waals surface area contributed by atoms with Gasteiger partial charge in [-0.05, 0) is 52.4 Å². The van der Waals surface area contributed by atoms with Crippen molar-refractivity contribution >= 4 is 24.4 Å². The molecule has 1 heterocycles. The Morgan fingerprint density at radius 2 is 1.70 bits per heavy atom. The molecule has 6 heteroatoms. The minimum absolute atomic E-state index is 0.0451. The molecule has 2 aliphatic rings. The molecule has 0 unspecified atom stereocenters. The smallest absolute Gasteiger partial charge is 0.411 e. The van der Waals surface area contributed by atoms with E-state index in [0.29, 0.717) is 6.61 Å². The van der Waals surface area contributed by atoms with Crippen LogP contribution in [0.4, 0.5) is 10.5 Å². The number of benzene rings is 3. The van der Waals surface area contributed by atoms with Crippen molar-refractivity contribution in [3.05, 3.63) is 82.9 Å². The Morgan fingerprint density at radius 1 is 1.06 bits per heavy atom. The number of ether oxygens (including phenoxy) is 1. The number of hydrogen-bond acceptors (Lipinski definition) is 5. The van der Waals surface area contributed by atoms with Gasteiger partial charge in [-0.2, -0.15) is 0 Å². The molecule has 5 nitrogen and oxygen atoms in total. The van der Waals surface area contributed by atoms with Gasteiger partial charge in [-0.3, -0.25) is 10.2 Å². The first-order valence-corrected chi connectivity index (χ1v) is 11.9. The first-order chi connectivity index (χ1) is 16.1. The lowest BCUT2D eigenvalue weighted by atomic mass is 9.98. The van der Waals surface area contributed by atoms with Crippen LogP contribution in [0.5, 0.6) is 0 Å². The Bertz CT molecular complexity index is 1130. The second kappa shape index (κ2) is 9.59. The van der Waals surface area contributed by atoms with Crippen LogP contribution in [0.1, 0.15) is 28.2 Å². The second-order valence-corrected chi connectivity index (χ2v) is 9.25. The van der Waals surface area contributed by atoms with Gasteiger partial charge in [0.2, 0.25) is 0 Å². The maximum atomic E-state index is 12.8. The van der Waals surface area contributed by atoms with Crippen molar-refractivity contribution in [2.75, 3.05) is 38.1 Å². The summed E-state index contributed by atoms with van der Waals surface area (Å²) in [4.78, 5) is 16.1. The summed E-state index contributed by atoms with van der Waals surface area (Å²) in [6, 6.07) is 20.8.